The van der Waals surface area contributed by atoms with Gasteiger partial charge in [0, 0.05) is 6.07 Å². The molecule has 0 atom stereocenters. The maximum Gasteiger partial charge on any atom is 0.353 e. The Kier molecular flexibility index (Phi) is 4.36. The van der Waals surface area contributed by atoms with Gasteiger partial charge in [0.2, 0.25) is 0 Å². The van der Waals surface area contributed by atoms with Crippen LogP contribution in [0.1, 0.15) is 16.1 Å². The van der Waals surface area contributed by atoms with Crippen LogP contribution in [0.3, 0.4) is 0 Å². The minimum atomic E-state index is -4.88. The van der Waals surface area contributed by atoms with Crippen LogP contribution in [0.15, 0.2) is 38.9 Å². The van der Waals surface area contributed by atoms with Crippen molar-refractivity contribution in [2.45, 2.75) is 16.3 Å². The molecule has 0 radical (unpaired) electrons. The molecule has 11 nitrogen and oxygen atoms in total. The lowest BCUT2D eigenvalue weighted by molar-refractivity contribution is 0.0689. The van der Waals surface area contributed by atoms with Gasteiger partial charge in [-0.3, -0.25) is 19.0 Å². The number of nitrogens with zero attached hydrogens (tertiary/aromatic N) is 1. The highest BCUT2D eigenvalue weighted by Crippen LogP contribution is 2.21. The Morgan fingerprint density at radius 2 is 1.71 bits per heavy atom. The smallest absolute Gasteiger partial charge is 0.353 e. The van der Waals surface area contributed by atoms with Crippen LogP contribution >= 0.6 is 0 Å². The quantitative estimate of drug-likeness (QED) is 0.494. The van der Waals surface area contributed by atoms with Crippen LogP contribution < -0.4 is 5.56 Å². The number of hydrogen-bond donors (Lipinski definition) is 4. The Labute approximate surface area is 134 Å². The van der Waals surface area contributed by atoms with Gasteiger partial charge in [-0.25, -0.2) is 9.48 Å². The van der Waals surface area contributed by atoms with Crippen LogP contribution in [-0.2, 0) is 26.8 Å². The fraction of sp³-hybridized carbons (Fsp3) is 0.0909. The standard InChI is InChI=1S/C11H10N2O9S2/c14-10-4-8(11(15)16)12-13(10)5-6-1-2-7(23(17,18)19)3-9(6)24(20,21)22/h1-4,12H,5H2,(H,15,16)(H,17,18,19)(H,20,21,22). The lowest BCUT2D eigenvalue weighted by Crippen LogP contribution is -2.18. The lowest BCUT2D eigenvalue weighted by atomic mass is 10.2. The maximum atomic E-state index is 11.7. The average Bonchev–Trinajstić information content (AvgIpc) is 2.78. The molecule has 0 fully saturated rings. The largest absolute Gasteiger partial charge is 0.477 e. The van der Waals surface area contributed by atoms with Crippen molar-refractivity contribution in [3.63, 3.8) is 0 Å². The highest BCUT2D eigenvalue weighted by atomic mass is 32.2. The average molecular weight is 378 g/mol. The van der Waals surface area contributed by atoms with E-state index in [0.717, 1.165) is 22.9 Å². The number of H-pyrrole nitrogens is 1. The van der Waals surface area contributed by atoms with Crippen LogP contribution in [-0.4, -0.2) is 46.8 Å². The van der Waals surface area contributed by atoms with Crippen LogP contribution in [0.4, 0.5) is 0 Å². The summed E-state index contributed by atoms with van der Waals surface area (Å²) in [4.78, 5) is 20.8. The monoisotopic (exact) mass is 378 g/mol. The number of carbonyl (C=O) groups is 1. The van der Waals surface area contributed by atoms with Gasteiger partial charge in [0.15, 0.2) is 0 Å². The van der Waals surface area contributed by atoms with E-state index in [1.54, 1.807) is 0 Å². The Morgan fingerprint density at radius 3 is 2.17 bits per heavy atom. The maximum absolute atomic E-state index is 11.7. The number of benzene rings is 1. The minimum Gasteiger partial charge on any atom is -0.477 e. The topological polar surface area (TPSA) is 184 Å². The summed E-state index contributed by atoms with van der Waals surface area (Å²) in [5.74, 6) is -1.41. The van der Waals surface area contributed by atoms with Crippen molar-refractivity contribution in [1.29, 1.82) is 0 Å². The molecule has 1 heterocycles. The lowest BCUT2D eigenvalue weighted by Gasteiger charge is -2.09. The first-order valence-corrected chi connectivity index (χ1v) is 8.88. The molecule has 0 aliphatic carbocycles. The zero-order valence-electron chi connectivity index (χ0n) is 11.6. The summed E-state index contributed by atoms with van der Waals surface area (Å²) in [5.41, 5.74) is -1.43. The SMILES string of the molecule is O=C(O)c1cc(=O)n(Cc2ccc(S(=O)(=O)O)cc2S(=O)(=O)O)[nH]1. The first-order valence-electron chi connectivity index (χ1n) is 6.00. The van der Waals surface area contributed by atoms with Crippen LogP contribution in [0, 0.1) is 0 Å². The van der Waals surface area contributed by atoms with E-state index in [1.165, 1.54) is 0 Å². The molecule has 1 aromatic heterocycles. The second-order valence-electron chi connectivity index (χ2n) is 4.62. The normalized spacial score (nSPS) is 12.2. The predicted octanol–water partition coefficient (Wildman–Crippen LogP) is -0.584. The van der Waals surface area contributed by atoms with Gasteiger partial charge in [-0.2, -0.15) is 16.8 Å². The van der Waals surface area contributed by atoms with Gasteiger partial charge in [0.1, 0.15) is 10.6 Å². The van der Waals surface area contributed by atoms with E-state index in [0.29, 0.717) is 6.07 Å². The molecule has 0 saturated heterocycles. The molecule has 24 heavy (non-hydrogen) atoms. The van der Waals surface area contributed by atoms with Gasteiger partial charge in [0.25, 0.3) is 25.8 Å². The Bertz CT molecular complexity index is 1080. The van der Waals surface area contributed by atoms with Crippen LogP contribution in [0.5, 0.6) is 0 Å². The van der Waals surface area contributed by atoms with Crippen molar-refractivity contribution in [2.24, 2.45) is 0 Å². The van der Waals surface area contributed by atoms with Crippen molar-refractivity contribution in [3.05, 3.63) is 45.9 Å². The summed E-state index contributed by atoms with van der Waals surface area (Å²) in [7, 11) is -9.60. The number of carboxylic acid groups (broad SMARTS) is 1. The highest BCUT2D eigenvalue weighted by molar-refractivity contribution is 7.86. The van der Waals surface area contributed by atoms with E-state index in [-0.39, 0.29) is 5.56 Å². The van der Waals surface area contributed by atoms with E-state index in [2.05, 4.69) is 5.10 Å². The number of rotatable bonds is 5. The molecule has 13 heteroatoms. The number of aromatic carboxylic acids is 1. The highest BCUT2D eigenvalue weighted by Gasteiger charge is 2.21. The number of aromatic nitrogens is 2. The molecule has 130 valence electrons. The molecule has 0 spiro atoms. The molecular formula is C11H10N2O9S2. The minimum absolute atomic E-state index is 0.203. The predicted molar refractivity (Wildman–Crippen MR) is 77.2 cm³/mol. The summed E-state index contributed by atoms with van der Waals surface area (Å²) >= 11 is 0. The molecule has 0 aliphatic heterocycles. The van der Waals surface area contributed by atoms with Crippen molar-refractivity contribution in [1.82, 2.24) is 9.78 Å². The molecule has 2 aromatic rings. The first kappa shape index (κ1) is 17.9. The summed E-state index contributed by atoms with van der Waals surface area (Å²) in [6.07, 6.45) is 0. The Hall–Kier alpha value is -2.48. The Morgan fingerprint density at radius 1 is 1.08 bits per heavy atom. The third-order valence-corrected chi connectivity index (χ3v) is 4.75. The van der Waals surface area contributed by atoms with Gasteiger partial charge in [-0.05, 0) is 17.7 Å². The van der Waals surface area contributed by atoms with E-state index in [9.17, 15) is 31.0 Å². The molecule has 0 bridgehead atoms. The first-order chi connectivity index (χ1) is 10.9. The zero-order chi connectivity index (χ0) is 18.3. The van der Waals surface area contributed by atoms with Crippen molar-refractivity contribution >= 4 is 26.2 Å². The third-order valence-electron chi connectivity index (χ3n) is 2.96. The number of aromatic amines is 1. The summed E-state index contributed by atoms with van der Waals surface area (Å²) in [6.45, 7) is -0.493. The number of nitrogens with one attached hydrogen (secondary N) is 1. The van der Waals surface area contributed by atoms with Crippen molar-refractivity contribution in [3.8, 4) is 0 Å². The second kappa shape index (κ2) is 5.86. The molecule has 0 unspecified atom stereocenters. The molecule has 1 aromatic carbocycles. The molecule has 0 amide bonds. The fourth-order valence-corrected chi connectivity index (χ4v) is 3.22. The van der Waals surface area contributed by atoms with E-state index in [1.807, 2.05) is 0 Å². The van der Waals surface area contributed by atoms with Crippen LogP contribution in [0.25, 0.3) is 0 Å². The molecule has 0 saturated carbocycles. The molecular weight excluding hydrogens is 368 g/mol. The second-order valence-corrected chi connectivity index (χ2v) is 7.43. The van der Waals surface area contributed by atoms with Gasteiger partial charge < -0.3 is 5.11 Å². The fourth-order valence-electron chi connectivity index (χ4n) is 1.90. The van der Waals surface area contributed by atoms with Gasteiger partial charge >= 0.3 is 5.97 Å². The van der Waals surface area contributed by atoms with Gasteiger partial charge in [0.05, 0.1) is 11.4 Å². The van der Waals surface area contributed by atoms with Crippen molar-refractivity contribution < 1.29 is 35.8 Å². The van der Waals surface area contributed by atoms with Gasteiger partial charge in [-0.15, -0.1) is 0 Å². The number of carboxylic acids is 1. The van der Waals surface area contributed by atoms with E-state index < -0.39 is 53.8 Å². The van der Waals surface area contributed by atoms with Crippen LogP contribution in [0.2, 0.25) is 0 Å². The molecule has 0 aliphatic rings. The van der Waals surface area contributed by atoms with Crippen molar-refractivity contribution in [2.75, 3.05) is 0 Å². The zero-order valence-corrected chi connectivity index (χ0v) is 13.2. The molecule has 2 rings (SSSR count). The summed E-state index contributed by atoms with van der Waals surface area (Å²) in [5, 5.41) is 11.0. The molecule has 4 N–H and O–H groups in total. The van der Waals surface area contributed by atoms with Gasteiger partial charge in [-0.1, -0.05) is 6.07 Å². The van der Waals surface area contributed by atoms with E-state index >= 15 is 0 Å². The third kappa shape index (κ3) is 3.70. The summed E-state index contributed by atoms with van der Waals surface area (Å²) in [6, 6.07) is 3.11. The summed E-state index contributed by atoms with van der Waals surface area (Å²) < 4.78 is 63.8. The number of hydrogen-bond acceptors (Lipinski definition) is 6. The van der Waals surface area contributed by atoms with E-state index in [4.69, 9.17) is 9.66 Å². The Balaban J connectivity index is 2.59.